The van der Waals surface area contributed by atoms with Gasteiger partial charge in [0.2, 0.25) is 5.91 Å². The highest BCUT2D eigenvalue weighted by atomic mass is 19.3. The monoisotopic (exact) mass is 617 g/mol. The maximum atomic E-state index is 14.5. The molecule has 0 unspecified atom stereocenters. The number of alkyl carbamates (subject to hydrolysis) is 2. The molecule has 13 nitrogen and oxygen atoms in total. The van der Waals surface area contributed by atoms with Crippen LogP contribution in [0.25, 0.3) is 0 Å². The summed E-state index contributed by atoms with van der Waals surface area (Å²) in [5.41, 5.74) is -1.62. The number of benzene rings is 1. The number of guanidine groups is 1. The Morgan fingerprint density at radius 2 is 1.52 bits per heavy atom. The smallest absolute Gasteiger partial charge is 0.414 e. The predicted molar refractivity (Wildman–Crippen MR) is 157 cm³/mol. The molecule has 0 saturated heterocycles. The molecule has 0 aliphatic rings. The molecule has 0 aliphatic carbocycles. The molecule has 15 heteroatoms. The third-order valence-corrected chi connectivity index (χ3v) is 5.02. The van der Waals surface area contributed by atoms with Gasteiger partial charge in [-0.3, -0.25) is 15.4 Å². The molecule has 44 heavy (non-hydrogen) atoms. The number of nitrogens with one attached hydrogen (secondary N) is 4. The highest BCUT2D eigenvalue weighted by molar-refractivity contribution is 6.01. The van der Waals surface area contributed by atoms with E-state index < -0.39 is 47.7 Å². The maximum absolute atomic E-state index is 14.5. The number of carbonyl (C=O) groups excluding carboxylic acids is 3. The molecule has 3 amide bonds. The van der Waals surface area contributed by atoms with Crippen molar-refractivity contribution in [2.24, 2.45) is 5.16 Å². The molecular formula is C29H37F2N7O6. The Morgan fingerprint density at radius 1 is 0.932 bits per heavy atom. The van der Waals surface area contributed by atoms with Crippen LogP contribution in [0, 0.1) is 11.3 Å². The zero-order valence-corrected chi connectivity index (χ0v) is 25.4. The number of rotatable bonds is 10. The molecule has 0 aliphatic heterocycles. The Kier molecular flexibility index (Phi) is 12.4. The van der Waals surface area contributed by atoms with Gasteiger partial charge in [-0.2, -0.15) is 14.0 Å². The number of nitriles is 1. The average Bonchev–Trinajstić information content (AvgIpc) is 2.90. The zero-order valence-electron chi connectivity index (χ0n) is 25.4. The third kappa shape index (κ3) is 13.3. The number of pyridine rings is 1. The van der Waals surface area contributed by atoms with Crippen molar-refractivity contribution in [1.29, 1.82) is 5.26 Å². The first kappa shape index (κ1) is 35.2. The normalized spacial score (nSPS) is 11.3. The van der Waals surface area contributed by atoms with Gasteiger partial charge in [0, 0.05) is 5.56 Å². The number of anilines is 1. The van der Waals surface area contributed by atoms with Crippen LogP contribution in [-0.2, 0) is 31.4 Å². The number of amides is 3. The van der Waals surface area contributed by atoms with E-state index in [9.17, 15) is 28.4 Å². The number of nitrogens with zero attached hydrogens (tertiary/aromatic N) is 3. The molecule has 1 aromatic heterocycles. The predicted octanol–water partition coefficient (Wildman–Crippen LogP) is 4.15. The molecule has 2 rings (SSSR count). The van der Waals surface area contributed by atoms with Crippen LogP contribution in [0.3, 0.4) is 0 Å². The number of alkyl halides is 2. The molecule has 0 atom stereocenters. The summed E-state index contributed by atoms with van der Waals surface area (Å²) in [6.07, 6.45) is -2.14. The van der Waals surface area contributed by atoms with Crippen LogP contribution in [0.2, 0.25) is 0 Å². The first-order chi connectivity index (χ1) is 20.5. The van der Waals surface area contributed by atoms with E-state index in [2.05, 4.69) is 31.4 Å². The average molecular weight is 618 g/mol. The van der Waals surface area contributed by atoms with Crippen molar-refractivity contribution in [3.8, 4) is 6.07 Å². The molecule has 1 heterocycles. The molecule has 2 aromatic rings. The lowest BCUT2D eigenvalue weighted by Crippen LogP contribution is -2.47. The minimum atomic E-state index is -3.18. The SMILES string of the molecule is CC(C)(C)OC(=O)NC(=NOCCNC(=O)Cc1nc(NCC(F)(F)c2ccccc2)ccc1C#N)NC(=O)OC(C)(C)C. The summed E-state index contributed by atoms with van der Waals surface area (Å²) in [4.78, 5) is 46.0. The topological polar surface area (TPSA) is 176 Å². The molecule has 0 radical (unpaired) electrons. The van der Waals surface area contributed by atoms with Gasteiger partial charge in [0.25, 0.3) is 11.9 Å². The van der Waals surface area contributed by atoms with Crippen LogP contribution >= 0.6 is 0 Å². The van der Waals surface area contributed by atoms with Gasteiger partial charge in [0.05, 0.1) is 30.8 Å². The van der Waals surface area contributed by atoms with Gasteiger partial charge in [-0.05, 0) is 58.8 Å². The molecule has 0 saturated carbocycles. The summed E-state index contributed by atoms with van der Waals surface area (Å²) < 4.78 is 39.3. The largest absolute Gasteiger partial charge is 0.444 e. The Balaban J connectivity index is 1.95. The van der Waals surface area contributed by atoms with Crippen molar-refractivity contribution in [3.63, 3.8) is 0 Å². The van der Waals surface area contributed by atoms with Crippen LogP contribution < -0.4 is 21.3 Å². The van der Waals surface area contributed by atoms with E-state index in [1.807, 2.05) is 6.07 Å². The van der Waals surface area contributed by atoms with Crippen LogP contribution in [0.4, 0.5) is 24.2 Å². The Bertz CT molecular complexity index is 1330. The maximum Gasteiger partial charge on any atom is 0.414 e. The Hall–Kier alpha value is -5.00. The molecule has 0 spiro atoms. The highest BCUT2D eigenvalue weighted by Crippen LogP contribution is 2.28. The summed E-state index contributed by atoms with van der Waals surface area (Å²) >= 11 is 0. The van der Waals surface area contributed by atoms with Gasteiger partial charge in [-0.15, -0.1) is 0 Å². The number of halogens is 2. The summed E-state index contributed by atoms with van der Waals surface area (Å²) in [5, 5.41) is 22.7. The van der Waals surface area contributed by atoms with Gasteiger partial charge in [0.15, 0.2) is 0 Å². The summed E-state index contributed by atoms with van der Waals surface area (Å²) in [6, 6.07) is 12.0. The van der Waals surface area contributed by atoms with Crippen molar-refractivity contribution in [1.82, 2.24) is 20.9 Å². The number of oxime groups is 1. The minimum Gasteiger partial charge on any atom is -0.444 e. The van der Waals surface area contributed by atoms with Crippen LogP contribution in [0.1, 0.15) is 58.4 Å². The Morgan fingerprint density at radius 3 is 2.07 bits per heavy atom. The number of hydrogen-bond donors (Lipinski definition) is 4. The summed E-state index contributed by atoms with van der Waals surface area (Å²) in [7, 11) is 0. The molecular weight excluding hydrogens is 580 g/mol. The van der Waals surface area contributed by atoms with Gasteiger partial charge >= 0.3 is 12.2 Å². The van der Waals surface area contributed by atoms with E-state index in [1.165, 1.54) is 36.4 Å². The van der Waals surface area contributed by atoms with E-state index in [-0.39, 0.29) is 42.2 Å². The summed E-state index contributed by atoms with van der Waals surface area (Å²) in [6.45, 7) is 8.91. The quantitative estimate of drug-likeness (QED) is 0.132. The summed E-state index contributed by atoms with van der Waals surface area (Å²) in [5.74, 6) is -4.05. The lowest BCUT2D eigenvalue weighted by molar-refractivity contribution is -0.120. The van der Waals surface area contributed by atoms with Crippen molar-refractivity contribution in [2.75, 3.05) is 25.0 Å². The van der Waals surface area contributed by atoms with Gasteiger partial charge in [-0.1, -0.05) is 30.3 Å². The fraction of sp³-hybridized carbons (Fsp3) is 0.448. The van der Waals surface area contributed by atoms with Gasteiger partial charge in [-0.25, -0.2) is 14.6 Å². The molecule has 4 N–H and O–H groups in total. The zero-order chi connectivity index (χ0) is 33.0. The first-order valence-electron chi connectivity index (χ1n) is 13.5. The number of carbonyl (C=O) groups is 3. The molecule has 1 aromatic carbocycles. The standard InChI is InChI=1S/C29H37F2N7O6/c1-27(2,3)43-25(40)36-24(37-26(41)44-28(4,5)6)38-42-15-14-33-23(39)16-21-19(17-32)12-13-22(35-21)34-18-29(30,31)20-10-8-7-9-11-20/h7-13H,14-16,18H2,1-6H3,(H,33,39)(H,34,35)(H2,36,37,38,40,41). The van der Waals surface area contributed by atoms with Crippen molar-refractivity contribution >= 4 is 29.9 Å². The minimum absolute atomic E-state index is 0.0579. The lowest BCUT2D eigenvalue weighted by Gasteiger charge is -2.21. The molecule has 0 bridgehead atoms. The lowest BCUT2D eigenvalue weighted by atomic mass is 10.1. The van der Waals surface area contributed by atoms with E-state index in [4.69, 9.17) is 14.3 Å². The van der Waals surface area contributed by atoms with E-state index in [0.29, 0.717) is 0 Å². The van der Waals surface area contributed by atoms with Crippen molar-refractivity contribution in [2.45, 2.75) is 65.1 Å². The first-order valence-corrected chi connectivity index (χ1v) is 13.5. The van der Waals surface area contributed by atoms with E-state index >= 15 is 0 Å². The van der Waals surface area contributed by atoms with Crippen molar-refractivity contribution in [3.05, 3.63) is 59.3 Å². The van der Waals surface area contributed by atoms with Crippen LogP contribution in [-0.4, -0.2) is 59.9 Å². The van der Waals surface area contributed by atoms with Gasteiger partial charge < -0.3 is 24.9 Å². The van der Waals surface area contributed by atoms with E-state index in [1.54, 1.807) is 47.6 Å². The van der Waals surface area contributed by atoms with Crippen molar-refractivity contribution < 1.29 is 37.5 Å². The molecule has 0 fully saturated rings. The second kappa shape index (κ2) is 15.5. The van der Waals surface area contributed by atoms with Gasteiger partial charge in [0.1, 0.15) is 29.7 Å². The number of hydrogen-bond acceptors (Lipinski definition) is 10. The fourth-order valence-electron chi connectivity index (χ4n) is 3.26. The number of ether oxygens (including phenoxy) is 2. The highest BCUT2D eigenvalue weighted by Gasteiger charge is 2.31. The third-order valence-electron chi connectivity index (χ3n) is 5.02. The van der Waals surface area contributed by atoms with Crippen LogP contribution in [0.5, 0.6) is 0 Å². The molecule has 238 valence electrons. The van der Waals surface area contributed by atoms with Crippen LogP contribution in [0.15, 0.2) is 47.6 Å². The fourth-order valence-corrected chi connectivity index (χ4v) is 3.26. The van der Waals surface area contributed by atoms with E-state index in [0.717, 1.165) is 0 Å². The number of aromatic nitrogens is 1. The second-order valence-corrected chi connectivity index (χ2v) is 11.3. The Labute approximate surface area is 254 Å². The second-order valence-electron chi connectivity index (χ2n) is 11.3.